The van der Waals surface area contributed by atoms with Gasteiger partial charge in [-0.3, -0.25) is 0 Å². The Kier molecular flexibility index (Phi) is 5.82. The summed E-state index contributed by atoms with van der Waals surface area (Å²) in [6.07, 6.45) is 8.84. The highest BCUT2D eigenvalue weighted by Gasteiger charge is 2.25. The first kappa shape index (κ1) is 20.2. The average molecular weight is 433 g/mol. The van der Waals surface area contributed by atoms with Gasteiger partial charge < -0.3 is 10.2 Å². The largest absolute Gasteiger partial charge is 0.445 e. The standard InChI is InChI=1S/C20H24N4O3S2/c1-2-24-29(25,26)18-11-14(19-22-9-10-27-19)5-8-16(18)17-12-23-20(28-17)13-3-6-15(21)7-4-13/h5,8-13,15,24H,2-4,6-7,21H2,1H3/t13-,15-. The number of benzene rings is 1. The van der Waals surface area contributed by atoms with Crippen LogP contribution in [0.5, 0.6) is 0 Å². The summed E-state index contributed by atoms with van der Waals surface area (Å²) >= 11 is 1.56. The number of oxazole rings is 1. The van der Waals surface area contributed by atoms with Gasteiger partial charge in [0.25, 0.3) is 0 Å². The van der Waals surface area contributed by atoms with Crippen LogP contribution in [0.25, 0.3) is 21.9 Å². The van der Waals surface area contributed by atoms with E-state index >= 15 is 0 Å². The number of aromatic nitrogens is 2. The van der Waals surface area contributed by atoms with E-state index < -0.39 is 10.0 Å². The predicted octanol–water partition coefficient (Wildman–Crippen LogP) is 3.75. The lowest BCUT2D eigenvalue weighted by molar-refractivity contribution is 0.395. The number of nitrogens with one attached hydrogen (secondary N) is 1. The molecule has 3 N–H and O–H groups in total. The van der Waals surface area contributed by atoms with Crippen molar-refractivity contribution in [3.05, 3.63) is 41.9 Å². The van der Waals surface area contributed by atoms with Crippen molar-refractivity contribution in [2.24, 2.45) is 5.73 Å². The molecule has 2 aromatic heterocycles. The zero-order chi connectivity index (χ0) is 20.4. The van der Waals surface area contributed by atoms with Crippen LogP contribution in [0, 0.1) is 0 Å². The molecule has 1 aromatic carbocycles. The molecule has 0 unspecified atom stereocenters. The third kappa shape index (κ3) is 4.28. The molecule has 0 saturated heterocycles. The van der Waals surface area contributed by atoms with Gasteiger partial charge in [0.1, 0.15) is 6.26 Å². The maximum absolute atomic E-state index is 12.9. The van der Waals surface area contributed by atoms with Gasteiger partial charge in [-0.1, -0.05) is 13.0 Å². The Morgan fingerprint density at radius 3 is 2.72 bits per heavy atom. The Morgan fingerprint density at radius 1 is 1.24 bits per heavy atom. The number of hydrogen-bond donors (Lipinski definition) is 2. The highest BCUT2D eigenvalue weighted by atomic mass is 32.2. The third-order valence-corrected chi connectivity index (χ3v) is 7.97. The molecule has 0 atom stereocenters. The molecule has 1 fully saturated rings. The monoisotopic (exact) mass is 432 g/mol. The molecule has 0 bridgehead atoms. The van der Waals surface area contributed by atoms with E-state index in [0.717, 1.165) is 35.6 Å². The lowest BCUT2D eigenvalue weighted by Crippen LogP contribution is -2.25. The molecule has 29 heavy (non-hydrogen) atoms. The number of sulfonamides is 1. The van der Waals surface area contributed by atoms with Gasteiger partial charge >= 0.3 is 0 Å². The molecule has 7 nitrogen and oxygen atoms in total. The van der Waals surface area contributed by atoms with Crippen molar-refractivity contribution < 1.29 is 12.8 Å². The van der Waals surface area contributed by atoms with Gasteiger partial charge in [-0.15, -0.1) is 11.3 Å². The Morgan fingerprint density at radius 2 is 2.03 bits per heavy atom. The predicted molar refractivity (Wildman–Crippen MR) is 113 cm³/mol. The second-order valence-electron chi connectivity index (χ2n) is 7.22. The Bertz CT molecular complexity index is 1070. The minimum Gasteiger partial charge on any atom is -0.445 e. The molecule has 0 aliphatic heterocycles. The van der Waals surface area contributed by atoms with E-state index in [1.54, 1.807) is 36.6 Å². The van der Waals surface area contributed by atoms with Gasteiger partial charge in [0.15, 0.2) is 0 Å². The van der Waals surface area contributed by atoms with Crippen molar-refractivity contribution >= 4 is 21.4 Å². The summed E-state index contributed by atoms with van der Waals surface area (Å²) in [6, 6.07) is 5.52. The van der Waals surface area contributed by atoms with E-state index in [4.69, 9.17) is 10.2 Å². The number of nitrogens with zero attached hydrogens (tertiary/aromatic N) is 2. The molecule has 1 aliphatic rings. The normalized spacial score (nSPS) is 20.1. The molecule has 0 amide bonds. The molecule has 4 rings (SSSR count). The smallest absolute Gasteiger partial charge is 0.241 e. The number of nitrogens with two attached hydrogens (primary N) is 1. The number of thiazole rings is 1. The Balaban J connectivity index is 1.73. The SMILES string of the molecule is CCNS(=O)(=O)c1cc(-c2ncco2)ccc1-c1cnc([C@H]2CC[C@H](N)CC2)s1. The first-order chi connectivity index (χ1) is 14.0. The van der Waals surface area contributed by atoms with E-state index in [9.17, 15) is 8.42 Å². The van der Waals surface area contributed by atoms with Crippen molar-refractivity contribution in [2.75, 3.05) is 6.54 Å². The van der Waals surface area contributed by atoms with Crippen LogP contribution in [0.15, 0.2) is 46.2 Å². The third-order valence-electron chi connectivity index (χ3n) is 5.19. The first-order valence-corrected chi connectivity index (χ1v) is 12.0. The minimum atomic E-state index is -3.68. The first-order valence-electron chi connectivity index (χ1n) is 9.73. The molecular formula is C20H24N4O3S2. The quantitative estimate of drug-likeness (QED) is 0.614. The molecule has 1 aliphatic carbocycles. The average Bonchev–Trinajstić information content (AvgIpc) is 3.40. The van der Waals surface area contributed by atoms with E-state index in [1.165, 1.54) is 12.5 Å². The summed E-state index contributed by atoms with van der Waals surface area (Å²) in [5, 5.41) is 1.05. The van der Waals surface area contributed by atoms with Crippen LogP contribution >= 0.6 is 11.3 Å². The van der Waals surface area contributed by atoms with Gasteiger partial charge in [-0.2, -0.15) is 0 Å². The summed E-state index contributed by atoms with van der Waals surface area (Å²) in [6.45, 7) is 2.06. The Labute approximate surface area is 174 Å². The number of rotatable bonds is 6. The van der Waals surface area contributed by atoms with E-state index in [1.807, 2.05) is 6.07 Å². The lowest BCUT2D eigenvalue weighted by atomic mass is 9.87. The second-order valence-corrected chi connectivity index (χ2v) is 10.0. The topological polar surface area (TPSA) is 111 Å². The van der Waals surface area contributed by atoms with Crippen LogP contribution < -0.4 is 10.5 Å². The summed E-state index contributed by atoms with van der Waals surface area (Å²) in [5.74, 6) is 0.780. The van der Waals surface area contributed by atoms with Crippen molar-refractivity contribution in [3.63, 3.8) is 0 Å². The van der Waals surface area contributed by atoms with Crippen molar-refractivity contribution in [1.29, 1.82) is 0 Å². The van der Waals surface area contributed by atoms with Gasteiger partial charge in [-0.25, -0.2) is 23.1 Å². The van der Waals surface area contributed by atoms with Crippen LogP contribution in [0.2, 0.25) is 0 Å². The van der Waals surface area contributed by atoms with E-state index in [0.29, 0.717) is 29.5 Å². The van der Waals surface area contributed by atoms with Gasteiger partial charge in [0.05, 0.1) is 21.0 Å². The molecular weight excluding hydrogens is 408 g/mol. The van der Waals surface area contributed by atoms with Crippen molar-refractivity contribution in [1.82, 2.24) is 14.7 Å². The summed E-state index contributed by atoms with van der Waals surface area (Å²) in [7, 11) is -3.68. The maximum Gasteiger partial charge on any atom is 0.241 e. The van der Waals surface area contributed by atoms with E-state index in [2.05, 4.69) is 14.7 Å². The van der Waals surface area contributed by atoms with Crippen molar-refractivity contribution in [2.45, 2.75) is 49.5 Å². The van der Waals surface area contributed by atoms with Crippen LogP contribution in [-0.2, 0) is 10.0 Å². The second kappa shape index (κ2) is 8.35. The molecule has 1 saturated carbocycles. The fourth-order valence-electron chi connectivity index (χ4n) is 3.68. The minimum absolute atomic E-state index is 0.205. The van der Waals surface area contributed by atoms with Gasteiger partial charge in [0.2, 0.25) is 15.9 Å². The molecule has 9 heteroatoms. The maximum atomic E-state index is 12.9. The highest BCUT2D eigenvalue weighted by Crippen LogP contribution is 2.39. The summed E-state index contributed by atoms with van der Waals surface area (Å²) in [5.41, 5.74) is 7.27. The highest BCUT2D eigenvalue weighted by molar-refractivity contribution is 7.89. The van der Waals surface area contributed by atoms with Gasteiger partial charge in [0, 0.05) is 35.8 Å². The zero-order valence-corrected chi connectivity index (χ0v) is 17.8. The van der Waals surface area contributed by atoms with Crippen LogP contribution in [0.4, 0.5) is 0 Å². The Hall–Kier alpha value is -2.07. The molecule has 2 heterocycles. The van der Waals surface area contributed by atoms with Crippen LogP contribution in [-0.4, -0.2) is 31.0 Å². The molecule has 3 aromatic rings. The van der Waals surface area contributed by atoms with Gasteiger partial charge in [-0.05, 0) is 37.8 Å². The van der Waals surface area contributed by atoms with Crippen LogP contribution in [0.1, 0.15) is 43.5 Å². The molecule has 154 valence electrons. The fraction of sp³-hybridized carbons (Fsp3) is 0.400. The van der Waals surface area contributed by atoms with Crippen molar-refractivity contribution in [3.8, 4) is 21.9 Å². The lowest BCUT2D eigenvalue weighted by Gasteiger charge is -2.24. The zero-order valence-electron chi connectivity index (χ0n) is 16.2. The summed E-state index contributed by atoms with van der Waals surface area (Å²) < 4.78 is 33.7. The molecule has 0 radical (unpaired) electrons. The van der Waals surface area contributed by atoms with Crippen LogP contribution in [0.3, 0.4) is 0 Å². The number of hydrogen-bond acceptors (Lipinski definition) is 7. The fourth-order valence-corrected chi connectivity index (χ4v) is 6.16. The summed E-state index contributed by atoms with van der Waals surface area (Å²) in [4.78, 5) is 9.78. The van der Waals surface area contributed by atoms with E-state index in [-0.39, 0.29) is 10.9 Å². The molecule has 0 spiro atoms.